The zero-order chi connectivity index (χ0) is 21.6. The van der Waals surface area contributed by atoms with Gasteiger partial charge in [-0.1, -0.05) is 12.1 Å². The Balaban J connectivity index is 1.96. The van der Waals surface area contributed by atoms with Crippen LogP contribution in [0.3, 0.4) is 0 Å². The Hall–Kier alpha value is -2.70. The van der Waals surface area contributed by atoms with E-state index >= 15 is 4.39 Å². The van der Waals surface area contributed by atoms with E-state index in [0.29, 0.717) is 23.5 Å². The smallest absolute Gasteiger partial charge is 0.311 e. The number of alkyl halides is 3. The van der Waals surface area contributed by atoms with Crippen molar-refractivity contribution in [3.05, 3.63) is 62.4 Å². The molecule has 4 rings (SSSR count). The van der Waals surface area contributed by atoms with Crippen molar-refractivity contribution in [3.8, 4) is 17.2 Å². The number of nitriles is 1. The number of nitrogens with one attached hydrogen (secondary N) is 1. The summed E-state index contributed by atoms with van der Waals surface area (Å²) in [6.07, 6.45) is -3.46. The predicted octanol–water partition coefficient (Wildman–Crippen LogP) is 5.20. The molecule has 0 saturated heterocycles. The Bertz CT molecular complexity index is 1150. The van der Waals surface area contributed by atoms with Crippen LogP contribution in [0.2, 0.25) is 0 Å². The molecule has 3 heterocycles. The van der Waals surface area contributed by atoms with Crippen LogP contribution < -0.4 is 5.32 Å². The fraction of sp³-hybridized carbons (Fsp3) is 0.333. The maximum atomic E-state index is 15.0. The third-order valence-electron chi connectivity index (χ3n) is 5.40. The van der Waals surface area contributed by atoms with Gasteiger partial charge in [-0.2, -0.15) is 23.5 Å². The number of benzene rings is 1. The second-order valence-electron chi connectivity index (χ2n) is 7.14. The first-order chi connectivity index (χ1) is 14.3. The summed E-state index contributed by atoms with van der Waals surface area (Å²) < 4.78 is 57.3. The summed E-state index contributed by atoms with van der Waals surface area (Å²) in [4.78, 5) is 1.53. The number of aromatic nitrogens is 2. The average Bonchev–Trinajstić information content (AvgIpc) is 3.29. The van der Waals surface area contributed by atoms with Gasteiger partial charge in [0.05, 0.1) is 0 Å². The molecule has 1 aliphatic heterocycles. The molecule has 1 atom stereocenters. The molecule has 0 aliphatic carbocycles. The fourth-order valence-corrected chi connectivity index (χ4v) is 5.20. The zero-order valence-electron chi connectivity index (χ0n) is 16.3. The highest BCUT2D eigenvalue weighted by Gasteiger charge is 2.39. The van der Waals surface area contributed by atoms with E-state index in [0.717, 1.165) is 16.0 Å². The SMILES string of the molecule is CCn1cc(-c2c(F)cccc2[C@@H]2CNCc3sc(C#N)c(C)c32)c(C(F)(F)F)n1. The molecular weight excluding hydrogens is 416 g/mol. The van der Waals surface area contributed by atoms with E-state index in [-0.39, 0.29) is 23.6 Å². The van der Waals surface area contributed by atoms with E-state index < -0.39 is 17.7 Å². The van der Waals surface area contributed by atoms with Crippen LogP contribution in [0, 0.1) is 24.1 Å². The summed E-state index contributed by atoms with van der Waals surface area (Å²) in [6, 6.07) is 6.51. The van der Waals surface area contributed by atoms with Gasteiger partial charge in [0.1, 0.15) is 16.8 Å². The van der Waals surface area contributed by atoms with Crippen molar-refractivity contribution in [2.45, 2.75) is 39.0 Å². The van der Waals surface area contributed by atoms with Crippen molar-refractivity contribution in [1.82, 2.24) is 15.1 Å². The molecule has 0 radical (unpaired) electrons. The monoisotopic (exact) mass is 434 g/mol. The quantitative estimate of drug-likeness (QED) is 0.576. The summed E-state index contributed by atoms with van der Waals surface area (Å²) >= 11 is 1.37. The average molecular weight is 434 g/mol. The molecule has 0 unspecified atom stereocenters. The first-order valence-corrected chi connectivity index (χ1v) is 10.2. The molecular formula is C21H18F4N4S. The van der Waals surface area contributed by atoms with Crippen LogP contribution in [0.25, 0.3) is 11.1 Å². The van der Waals surface area contributed by atoms with Crippen LogP contribution in [0.1, 0.15) is 45.0 Å². The van der Waals surface area contributed by atoms with Crippen molar-refractivity contribution in [2.24, 2.45) is 0 Å². The molecule has 4 nitrogen and oxygen atoms in total. The van der Waals surface area contributed by atoms with Gasteiger partial charge in [-0.15, -0.1) is 11.3 Å². The zero-order valence-corrected chi connectivity index (χ0v) is 17.1. The molecule has 0 bridgehead atoms. The number of aryl methyl sites for hydroxylation is 1. The fourth-order valence-electron chi connectivity index (χ4n) is 4.07. The van der Waals surface area contributed by atoms with Crippen molar-refractivity contribution in [2.75, 3.05) is 6.54 Å². The van der Waals surface area contributed by atoms with Gasteiger partial charge < -0.3 is 5.32 Å². The van der Waals surface area contributed by atoms with E-state index in [1.165, 1.54) is 34.3 Å². The van der Waals surface area contributed by atoms with Gasteiger partial charge in [-0.25, -0.2) is 4.39 Å². The van der Waals surface area contributed by atoms with Gasteiger partial charge in [0.15, 0.2) is 5.69 Å². The Morgan fingerprint density at radius 1 is 1.37 bits per heavy atom. The molecule has 30 heavy (non-hydrogen) atoms. The normalized spacial score (nSPS) is 16.4. The first kappa shape index (κ1) is 20.6. The summed E-state index contributed by atoms with van der Waals surface area (Å²) in [5, 5.41) is 16.3. The van der Waals surface area contributed by atoms with Crippen LogP contribution >= 0.6 is 11.3 Å². The lowest BCUT2D eigenvalue weighted by Gasteiger charge is -2.27. The van der Waals surface area contributed by atoms with Gasteiger partial charge in [-0.3, -0.25) is 4.68 Å². The number of thiophene rings is 1. The van der Waals surface area contributed by atoms with E-state index in [2.05, 4.69) is 16.5 Å². The highest BCUT2D eigenvalue weighted by atomic mass is 32.1. The Morgan fingerprint density at radius 3 is 2.80 bits per heavy atom. The number of rotatable bonds is 3. The summed E-state index contributed by atoms with van der Waals surface area (Å²) in [5.74, 6) is -1.10. The van der Waals surface area contributed by atoms with E-state index in [1.807, 2.05) is 6.92 Å². The van der Waals surface area contributed by atoms with Crippen LogP contribution in [0.4, 0.5) is 17.6 Å². The molecule has 1 aromatic carbocycles. The van der Waals surface area contributed by atoms with Crippen molar-refractivity contribution in [1.29, 1.82) is 5.26 Å². The molecule has 1 N–H and O–H groups in total. The summed E-state index contributed by atoms with van der Waals surface area (Å²) in [6.45, 7) is 4.76. The van der Waals surface area contributed by atoms with Crippen molar-refractivity contribution < 1.29 is 17.6 Å². The summed E-state index contributed by atoms with van der Waals surface area (Å²) in [7, 11) is 0. The van der Waals surface area contributed by atoms with Crippen LogP contribution in [0.5, 0.6) is 0 Å². The largest absolute Gasteiger partial charge is 0.435 e. The minimum absolute atomic E-state index is 0.0896. The molecule has 3 aromatic rings. The molecule has 2 aromatic heterocycles. The van der Waals surface area contributed by atoms with E-state index in [9.17, 15) is 18.4 Å². The molecule has 156 valence electrons. The topological polar surface area (TPSA) is 53.6 Å². The van der Waals surface area contributed by atoms with Crippen LogP contribution in [-0.2, 0) is 19.3 Å². The van der Waals surface area contributed by atoms with Gasteiger partial charge in [-0.05, 0) is 36.6 Å². The third kappa shape index (κ3) is 3.30. The molecule has 0 spiro atoms. The van der Waals surface area contributed by atoms with Crippen LogP contribution in [-0.4, -0.2) is 16.3 Å². The standard InChI is InChI=1S/C21H18F4N4S/c1-3-29-10-14(20(28-29)21(23,24)25)19-12(5-4-6-15(19)22)13-8-27-9-17-18(13)11(2)16(7-26)30-17/h4-6,10,13,27H,3,8-9H2,1-2H3/t13-/m0/s1. The highest BCUT2D eigenvalue weighted by molar-refractivity contribution is 7.12. The minimum Gasteiger partial charge on any atom is -0.311 e. The Morgan fingerprint density at radius 2 is 2.13 bits per heavy atom. The van der Waals surface area contributed by atoms with Gasteiger partial charge in [0, 0.05) is 47.8 Å². The number of fused-ring (bicyclic) bond motifs is 1. The maximum absolute atomic E-state index is 15.0. The Kier molecular flexibility index (Phi) is 5.16. The van der Waals surface area contributed by atoms with E-state index in [1.54, 1.807) is 13.0 Å². The predicted molar refractivity (Wildman–Crippen MR) is 106 cm³/mol. The maximum Gasteiger partial charge on any atom is 0.435 e. The van der Waals surface area contributed by atoms with Crippen molar-refractivity contribution >= 4 is 11.3 Å². The molecule has 0 amide bonds. The van der Waals surface area contributed by atoms with Crippen molar-refractivity contribution in [3.63, 3.8) is 0 Å². The lowest BCUT2D eigenvalue weighted by atomic mass is 9.82. The Labute approximate surface area is 174 Å². The molecule has 0 fully saturated rings. The van der Waals surface area contributed by atoms with Crippen LogP contribution in [0.15, 0.2) is 24.4 Å². The number of nitrogens with zero attached hydrogens (tertiary/aromatic N) is 3. The first-order valence-electron chi connectivity index (χ1n) is 9.42. The van der Waals surface area contributed by atoms with E-state index in [4.69, 9.17) is 0 Å². The molecule has 9 heteroatoms. The molecule has 1 aliphatic rings. The second-order valence-corrected chi connectivity index (χ2v) is 8.24. The molecule has 0 saturated carbocycles. The van der Waals surface area contributed by atoms with Gasteiger partial charge >= 0.3 is 6.18 Å². The second kappa shape index (κ2) is 7.52. The number of hydrogen-bond donors (Lipinski definition) is 1. The van der Waals surface area contributed by atoms with Gasteiger partial charge in [0.2, 0.25) is 0 Å². The third-order valence-corrected chi connectivity index (χ3v) is 6.61. The lowest BCUT2D eigenvalue weighted by molar-refractivity contribution is -0.141. The lowest BCUT2D eigenvalue weighted by Crippen LogP contribution is -2.28. The number of halogens is 4. The number of hydrogen-bond acceptors (Lipinski definition) is 4. The summed E-state index contributed by atoms with van der Waals surface area (Å²) in [5.41, 5.74) is 0.707. The minimum atomic E-state index is -4.71. The van der Waals surface area contributed by atoms with Gasteiger partial charge in [0.25, 0.3) is 0 Å². The highest BCUT2D eigenvalue weighted by Crippen LogP contribution is 2.45.